The molecule has 5 nitrogen and oxygen atoms in total. The third-order valence-electron chi connectivity index (χ3n) is 3.14. The first-order valence-corrected chi connectivity index (χ1v) is 6.98. The highest BCUT2D eigenvalue weighted by atomic mass is 32.1. The van der Waals surface area contributed by atoms with E-state index < -0.39 is 0 Å². The van der Waals surface area contributed by atoms with Crippen LogP contribution in [0.25, 0.3) is 10.2 Å². The van der Waals surface area contributed by atoms with Crippen molar-refractivity contribution in [3.05, 3.63) is 61.6 Å². The van der Waals surface area contributed by atoms with Crippen molar-refractivity contribution in [2.24, 2.45) is 0 Å². The normalized spacial score (nSPS) is 10.8. The Morgan fingerprint density at radius 1 is 1.25 bits per heavy atom. The third-order valence-corrected chi connectivity index (χ3v) is 4.01. The largest absolute Gasteiger partial charge is 0.381 e. The summed E-state index contributed by atoms with van der Waals surface area (Å²) in [5, 5.41) is 3.28. The number of anilines is 1. The Labute approximate surface area is 118 Å². The zero-order chi connectivity index (χ0) is 14.1. The number of aromatic amines is 2. The van der Waals surface area contributed by atoms with Crippen molar-refractivity contribution in [2.75, 3.05) is 5.32 Å². The summed E-state index contributed by atoms with van der Waals surface area (Å²) in [4.78, 5) is 27.8. The Bertz CT molecular complexity index is 876. The van der Waals surface area contributed by atoms with E-state index in [1.54, 1.807) is 12.3 Å². The highest BCUT2D eigenvalue weighted by molar-refractivity contribution is 7.16. The van der Waals surface area contributed by atoms with Crippen molar-refractivity contribution >= 4 is 27.2 Å². The summed E-state index contributed by atoms with van der Waals surface area (Å²) >= 11 is 1.20. The average molecular weight is 287 g/mol. The first kappa shape index (κ1) is 12.7. The molecule has 6 heteroatoms. The Hall–Kier alpha value is -2.34. The van der Waals surface area contributed by atoms with Crippen LogP contribution in [0, 0.1) is 6.92 Å². The number of nitrogens with one attached hydrogen (secondary N) is 3. The summed E-state index contributed by atoms with van der Waals surface area (Å²) in [6.07, 6.45) is 1.72. The quantitative estimate of drug-likeness (QED) is 0.691. The van der Waals surface area contributed by atoms with E-state index in [2.05, 4.69) is 15.3 Å². The summed E-state index contributed by atoms with van der Waals surface area (Å²) in [6, 6.07) is 7.35. The van der Waals surface area contributed by atoms with Crippen molar-refractivity contribution in [1.29, 1.82) is 0 Å². The van der Waals surface area contributed by atoms with Crippen LogP contribution in [0.3, 0.4) is 0 Å². The van der Waals surface area contributed by atoms with Gasteiger partial charge in [-0.3, -0.25) is 9.59 Å². The minimum atomic E-state index is -0.0940. The van der Waals surface area contributed by atoms with Crippen molar-refractivity contribution in [3.63, 3.8) is 0 Å². The third kappa shape index (κ3) is 2.50. The van der Waals surface area contributed by atoms with Gasteiger partial charge in [0.05, 0.1) is 10.2 Å². The Balaban J connectivity index is 1.82. The highest BCUT2D eigenvalue weighted by Gasteiger charge is 2.02. The molecular weight excluding hydrogens is 274 g/mol. The predicted molar refractivity (Wildman–Crippen MR) is 81.6 cm³/mol. The zero-order valence-corrected chi connectivity index (χ0v) is 11.6. The fraction of sp³-hybridized carbons (Fsp3) is 0.143. The Morgan fingerprint density at radius 2 is 2.10 bits per heavy atom. The van der Waals surface area contributed by atoms with Crippen LogP contribution in [0.4, 0.5) is 5.69 Å². The molecule has 102 valence electrons. The molecule has 0 amide bonds. The number of rotatable bonds is 3. The second kappa shape index (κ2) is 4.97. The number of H-pyrrole nitrogens is 2. The van der Waals surface area contributed by atoms with Crippen molar-refractivity contribution in [2.45, 2.75) is 13.5 Å². The number of pyridine rings is 1. The van der Waals surface area contributed by atoms with Crippen LogP contribution in [0.15, 0.2) is 40.1 Å². The van der Waals surface area contributed by atoms with E-state index >= 15 is 0 Å². The maximum atomic E-state index is 11.3. The molecule has 0 fully saturated rings. The number of hydrogen-bond donors (Lipinski definition) is 3. The van der Waals surface area contributed by atoms with Gasteiger partial charge in [-0.15, -0.1) is 0 Å². The molecule has 0 atom stereocenters. The smallest absolute Gasteiger partial charge is 0.305 e. The van der Waals surface area contributed by atoms with Crippen LogP contribution in [0.1, 0.15) is 11.1 Å². The Kier molecular flexibility index (Phi) is 3.15. The van der Waals surface area contributed by atoms with Crippen LogP contribution in [0.5, 0.6) is 0 Å². The van der Waals surface area contributed by atoms with Gasteiger partial charge in [0, 0.05) is 24.5 Å². The van der Waals surface area contributed by atoms with Gasteiger partial charge >= 0.3 is 4.87 Å². The molecule has 1 aromatic carbocycles. The second-order valence-corrected chi connectivity index (χ2v) is 5.60. The molecule has 3 rings (SSSR count). The van der Waals surface area contributed by atoms with Gasteiger partial charge in [0.15, 0.2) is 0 Å². The Morgan fingerprint density at radius 3 is 2.90 bits per heavy atom. The van der Waals surface area contributed by atoms with E-state index in [9.17, 15) is 9.59 Å². The first-order valence-electron chi connectivity index (χ1n) is 6.17. The van der Waals surface area contributed by atoms with Gasteiger partial charge < -0.3 is 15.3 Å². The van der Waals surface area contributed by atoms with Gasteiger partial charge in [-0.25, -0.2) is 0 Å². The van der Waals surface area contributed by atoms with E-state index in [-0.39, 0.29) is 10.4 Å². The van der Waals surface area contributed by atoms with E-state index in [4.69, 9.17) is 0 Å². The summed E-state index contributed by atoms with van der Waals surface area (Å²) in [6.45, 7) is 2.52. The van der Waals surface area contributed by atoms with Crippen LogP contribution in [-0.2, 0) is 6.54 Å². The molecule has 0 saturated heterocycles. The monoisotopic (exact) mass is 287 g/mol. The number of aryl methyl sites for hydroxylation is 1. The van der Waals surface area contributed by atoms with E-state index in [0.29, 0.717) is 6.54 Å². The molecule has 0 saturated carbocycles. The second-order valence-electron chi connectivity index (χ2n) is 4.58. The molecule has 20 heavy (non-hydrogen) atoms. The van der Waals surface area contributed by atoms with E-state index in [1.807, 2.05) is 25.1 Å². The maximum absolute atomic E-state index is 11.3. The molecule has 0 unspecified atom stereocenters. The number of hydrogen-bond acceptors (Lipinski definition) is 4. The topological polar surface area (TPSA) is 77.8 Å². The van der Waals surface area contributed by atoms with Gasteiger partial charge in [-0.2, -0.15) is 0 Å². The van der Waals surface area contributed by atoms with Gasteiger partial charge in [-0.1, -0.05) is 11.3 Å². The number of aromatic nitrogens is 2. The molecule has 0 aliphatic carbocycles. The molecule has 0 bridgehead atoms. The molecule has 3 aromatic rings. The van der Waals surface area contributed by atoms with Crippen molar-refractivity contribution in [1.82, 2.24) is 9.97 Å². The number of fused-ring (bicyclic) bond motifs is 1. The van der Waals surface area contributed by atoms with E-state index in [1.165, 1.54) is 11.3 Å². The summed E-state index contributed by atoms with van der Waals surface area (Å²) in [5.41, 5.74) is 3.65. The standard InChI is InChI=1S/C14H13N3O2S/c1-8-4-13(18)16-7-9(8)6-15-10-2-3-12-11(5-10)17-14(19)20-12/h2-5,7,15H,6H2,1H3,(H,16,18)(H,17,19). The lowest BCUT2D eigenvalue weighted by Gasteiger charge is -2.08. The predicted octanol–water partition coefficient (Wildman–Crippen LogP) is 2.20. The van der Waals surface area contributed by atoms with Crippen LogP contribution < -0.4 is 15.7 Å². The minimum Gasteiger partial charge on any atom is -0.381 e. The average Bonchev–Trinajstić information content (AvgIpc) is 2.77. The summed E-state index contributed by atoms with van der Waals surface area (Å²) < 4.78 is 0.945. The summed E-state index contributed by atoms with van der Waals surface area (Å²) in [7, 11) is 0. The minimum absolute atomic E-state index is 0.0476. The molecular formula is C14H13N3O2S. The summed E-state index contributed by atoms with van der Waals surface area (Å²) in [5.74, 6) is 0. The molecule has 0 radical (unpaired) electrons. The lowest BCUT2D eigenvalue weighted by molar-refractivity contribution is 1.06. The van der Waals surface area contributed by atoms with Crippen LogP contribution in [0.2, 0.25) is 0 Å². The fourth-order valence-corrected chi connectivity index (χ4v) is 2.77. The van der Waals surface area contributed by atoms with Crippen LogP contribution in [-0.4, -0.2) is 9.97 Å². The van der Waals surface area contributed by atoms with Crippen molar-refractivity contribution in [3.8, 4) is 0 Å². The lowest BCUT2D eigenvalue weighted by atomic mass is 10.1. The first-order chi connectivity index (χ1) is 9.61. The molecule has 3 N–H and O–H groups in total. The zero-order valence-electron chi connectivity index (χ0n) is 10.8. The van der Waals surface area contributed by atoms with E-state index in [0.717, 1.165) is 27.0 Å². The van der Waals surface area contributed by atoms with Crippen molar-refractivity contribution < 1.29 is 0 Å². The maximum Gasteiger partial charge on any atom is 0.305 e. The van der Waals surface area contributed by atoms with Gasteiger partial charge in [0.25, 0.3) is 0 Å². The molecule has 0 aliphatic heterocycles. The fourth-order valence-electron chi connectivity index (χ4n) is 2.05. The van der Waals surface area contributed by atoms with Gasteiger partial charge in [0.2, 0.25) is 5.56 Å². The van der Waals surface area contributed by atoms with Gasteiger partial charge in [-0.05, 0) is 36.2 Å². The number of thiazole rings is 1. The molecule has 0 spiro atoms. The molecule has 2 aromatic heterocycles. The van der Waals surface area contributed by atoms with Gasteiger partial charge in [0.1, 0.15) is 0 Å². The number of benzene rings is 1. The molecule has 2 heterocycles. The van der Waals surface area contributed by atoms with Crippen LogP contribution >= 0.6 is 11.3 Å². The highest BCUT2D eigenvalue weighted by Crippen LogP contribution is 2.19. The lowest BCUT2D eigenvalue weighted by Crippen LogP contribution is -2.09. The SMILES string of the molecule is Cc1cc(=O)[nH]cc1CNc1ccc2sc(=O)[nH]c2c1. The molecule has 0 aliphatic rings.